The third kappa shape index (κ3) is 4.62. The summed E-state index contributed by atoms with van der Waals surface area (Å²) in [7, 11) is 0. The fraction of sp³-hybridized carbons (Fsp3) is 0.696. The minimum Gasteiger partial charge on any atom is -0.350 e. The minimum atomic E-state index is -0.136. The molecule has 2 aliphatic heterocycles. The molecular formula is C23H34N3O3S+. The number of carbonyl (C=O) groups excluding carboxylic acids is 3. The third-order valence-electron chi connectivity index (χ3n) is 7.29. The Morgan fingerprint density at radius 1 is 1.17 bits per heavy atom. The van der Waals surface area contributed by atoms with Crippen molar-refractivity contribution in [2.24, 2.45) is 17.8 Å². The molecule has 3 fully saturated rings. The van der Waals surface area contributed by atoms with Crippen molar-refractivity contribution in [2.75, 3.05) is 26.2 Å². The van der Waals surface area contributed by atoms with Gasteiger partial charge in [0.1, 0.15) is 6.04 Å². The van der Waals surface area contributed by atoms with Crippen LogP contribution in [0.3, 0.4) is 0 Å². The first-order valence-electron chi connectivity index (χ1n) is 11.5. The van der Waals surface area contributed by atoms with Crippen LogP contribution in [-0.4, -0.2) is 48.8 Å². The Bertz CT molecular complexity index is 734. The number of fused-ring (bicyclic) bond motifs is 1. The molecule has 3 heterocycles. The number of piperidine rings is 1. The summed E-state index contributed by atoms with van der Waals surface area (Å²) < 4.78 is 0. The van der Waals surface area contributed by atoms with Gasteiger partial charge in [-0.3, -0.25) is 19.3 Å². The van der Waals surface area contributed by atoms with Gasteiger partial charge in [-0.2, -0.15) is 0 Å². The molecule has 0 bridgehead atoms. The van der Waals surface area contributed by atoms with E-state index in [9.17, 15) is 14.4 Å². The molecule has 4 rings (SSSR count). The van der Waals surface area contributed by atoms with Gasteiger partial charge < -0.3 is 10.2 Å². The Morgan fingerprint density at radius 2 is 1.83 bits per heavy atom. The van der Waals surface area contributed by atoms with Crippen LogP contribution < -0.4 is 10.2 Å². The Hall–Kier alpha value is -1.73. The van der Waals surface area contributed by atoms with E-state index in [1.165, 1.54) is 22.6 Å². The van der Waals surface area contributed by atoms with Crippen molar-refractivity contribution < 1.29 is 19.3 Å². The predicted octanol–water partition coefficient (Wildman–Crippen LogP) is 1.79. The van der Waals surface area contributed by atoms with E-state index in [4.69, 9.17) is 0 Å². The van der Waals surface area contributed by atoms with E-state index >= 15 is 0 Å². The fourth-order valence-corrected chi connectivity index (χ4v) is 6.27. The molecule has 0 unspecified atom stereocenters. The number of thiophene rings is 1. The van der Waals surface area contributed by atoms with Gasteiger partial charge in [-0.1, -0.05) is 25.8 Å². The van der Waals surface area contributed by atoms with Crippen molar-refractivity contribution in [1.29, 1.82) is 0 Å². The van der Waals surface area contributed by atoms with E-state index in [2.05, 4.69) is 29.8 Å². The van der Waals surface area contributed by atoms with Crippen molar-refractivity contribution in [3.8, 4) is 0 Å². The fourth-order valence-electron chi connectivity index (χ4n) is 5.39. The first-order chi connectivity index (χ1) is 14.5. The van der Waals surface area contributed by atoms with Crippen molar-refractivity contribution in [1.82, 2.24) is 10.2 Å². The monoisotopic (exact) mass is 432 g/mol. The van der Waals surface area contributed by atoms with Gasteiger partial charge in [-0.25, -0.2) is 0 Å². The lowest BCUT2D eigenvalue weighted by Gasteiger charge is -2.33. The Morgan fingerprint density at radius 3 is 2.43 bits per heavy atom. The molecule has 0 aromatic carbocycles. The molecule has 3 amide bonds. The van der Waals surface area contributed by atoms with Crippen LogP contribution >= 0.6 is 11.3 Å². The maximum absolute atomic E-state index is 12.6. The van der Waals surface area contributed by atoms with Crippen LogP contribution in [-0.2, 0) is 14.4 Å². The number of imide groups is 1. The smallest absolute Gasteiger partial charge is 0.233 e. The molecule has 7 heteroatoms. The third-order valence-corrected chi connectivity index (χ3v) is 8.28. The average Bonchev–Trinajstić information content (AvgIpc) is 3.36. The normalized spacial score (nSPS) is 30.2. The average molecular weight is 433 g/mol. The van der Waals surface area contributed by atoms with E-state index in [-0.39, 0.29) is 48.6 Å². The van der Waals surface area contributed by atoms with E-state index in [0.29, 0.717) is 6.54 Å². The van der Waals surface area contributed by atoms with Crippen molar-refractivity contribution in [3.05, 3.63) is 22.4 Å². The summed E-state index contributed by atoms with van der Waals surface area (Å²) in [6.45, 7) is 5.42. The molecule has 1 aromatic rings. The maximum atomic E-state index is 12.6. The minimum absolute atomic E-state index is 0.0548. The molecule has 1 saturated carbocycles. The van der Waals surface area contributed by atoms with Gasteiger partial charge >= 0.3 is 0 Å². The number of likely N-dealkylation sites (tertiary alicyclic amines) is 2. The van der Waals surface area contributed by atoms with Gasteiger partial charge in [0.15, 0.2) is 0 Å². The standard InChI is InChI=1S/C23H33N3O3S/c1-16-8-11-25(12-9-16)19(20-7-4-14-30-20)15-24-21(27)10-13-26-22(28)17-5-2-3-6-18(17)23(26)29/h4,7,14,16-19H,2-3,5-6,8-13,15H2,1H3,(H,24,27)/p+1/t17-,18+,19-/m0/s1. The molecule has 2 N–H and O–H groups in total. The van der Waals surface area contributed by atoms with Gasteiger partial charge in [-0.15, -0.1) is 11.3 Å². The number of nitrogens with one attached hydrogen (secondary N) is 2. The second kappa shape index (κ2) is 9.60. The zero-order valence-electron chi connectivity index (χ0n) is 17.9. The van der Waals surface area contributed by atoms with Crippen LogP contribution in [0.4, 0.5) is 0 Å². The van der Waals surface area contributed by atoms with Crippen LogP contribution in [0, 0.1) is 17.8 Å². The van der Waals surface area contributed by atoms with E-state index < -0.39 is 0 Å². The highest BCUT2D eigenvalue weighted by Gasteiger charge is 2.47. The Kier molecular flexibility index (Phi) is 6.88. The zero-order chi connectivity index (χ0) is 21.1. The summed E-state index contributed by atoms with van der Waals surface area (Å²) in [5.41, 5.74) is 0. The lowest BCUT2D eigenvalue weighted by atomic mass is 9.81. The quantitative estimate of drug-likeness (QED) is 0.646. The number of rotatable bonds is 7. The molecular weight excluding hydrogens is 398 g/mol. The lowest BCUT2D eigenvalue weighted by Crippen LogP contribution is -3.14. The molecule has 6 nitrogen and oxygen atoms in total. The van der Waals surface area contributed by atoms with Gasteiger partial charge in [0.05, 0.1) is 36.3 Å². The summed E-state index contributed by atoms with van der Waals surface area (Å²) in [4.78, 5) is 42.0. The number of quaternary nitrogens is 1. The molecule has 2 saturated heterocycles. The zero-order valence-corrected chi connectivity index (χ0v) is 18.7. The van der Waals surface area contributed by atoms with E-state index in [1.807, 2.05) is 0 Å². The highest BCUT2D eigenvalue weighted by molar-refractivity contribution is 7.10. The topological polar surface area (TPSA) is 70.9 Å². The van der Waals surface area contributed by atoms with Crippen molar-refractivity contribution in [3.63, 3.8) is 0 Å². The molecule has 0 spiro atoms. The number of carbonyl (C=O) groups is 3. The van der Waals surface area contributed by atoms with Crippen LogP contribution in [0.15, 0.2) is 17.5 Å². The first-order valence-corrected chi connectivity index (χ1v) is 12.4. The van der Waals surface area contributed by atoms with Crippen LogP contribution in [0.25, 0.3) is 0 Å². The van der Waals surface area contributed by atoms with Gasteiger partial charge in [0, 0.05) is 13.0 Å². The number of hydrogen-bond acceptors (Lipinski definition) is 4. The summed E-state index contributed by atoms with van der Waals surface area (Å²) in [5.74, 6) is 0.329. The second-order valence-electron chi connectivity index (χ2n) is 9.29. The van der Waals surface area contributed by atoms with Gasteiger partial charge in [0.2, 0.25) is 17.7 Å². The van der Waals surface area contributed by atoms with Crippen molar-refractivity contribution in [2.45, 2.75) is 57.9 Å². The molecule has 3 aliphatic rings. The SMILES string of the molecule is CC1CC[NH+]([C@@H](CNC(=O)CCN2C(=O)[C@H]3CCCC[C@H]3C2=O)c2cccs2)CC1. The molecule has 0 radical (unpaired) electrons. The number of nitrogens with zero attached hydrogens (tertiary/aromatic N) is 1. The van der Waals surface area contributed by atoms with Crippen LogP contribution in [0.5, 0.6) is 0 Å². The molecule has 30 heavy (non-hydrogen) atoms. The van der Waals surface area contributed by atoms with Gasteiger partial charge in [0.25, 0.3) is 0 Å². The van der Waals surface area contributed by atoms with Crippen LogP contribution in [0.2, 0.25) is 0 Å². The highest BCUT2D eigenvalue weighted by Crippen LogP contribution is 2.37. The second-order valence-corrected chi connectivity index (χ2v) is 10.3. The lowest BCUT2D eigenvalue weighted by molar-refractivity contribution is -0.935. The summed E-state index contributed by atoms with van der Waals surface area (Å²) in [5, 5.41) is 5.19. The largest absolute Gasteiger partial charge is 0.350 e. The maximum Gasteiger partial charge on any atom is 0.233 e. The van der Waals surface area contributed by atoms with Gasteiger partial charge in [-0.05, 0) is 43.0 Å². The highest BCUT2D eigenvalue weighted by atomic mass is 32.1. The van der Waals surface area contributed by atoms with Crippen LogP contribution in [0.1, 0.15) is 62.8 Å². The number of amides is 3. The Labute approximate surface area is 183 Å². The summed E-state index contributed by atoms with van der Waals surface area (Å²) >= 11 is 1.75. The molecule has 1 aromatic heterocycles. The number of hydrogen-bond donors (Lipinski definition) is 2. The predicted molar refractivity (Wildman–Crippen MR) is 116 cm³/mol. The van der Waals surface area contributed by atoms with E-state index in [1.54, 1.807) is 16.2 Å². The van der Waals surface area contributed by atoms with Crippen molar-refractivity contribution >= 4 is 29.1 Å². The molecule has 164 valence electrons. The molecule has 1 aliphatic carbocycles. The summed E-state index contributed by atoms with van der Waals surface area (Å²) in [6.07, 6.45) is 6.33. The summed E-state index contributed by atoms with van der Waals surface area (Å²) in [6, 6.07) is 4.51. The molecule has 3 atom stereocenters. The Balaban J connectivity index is 1.30. The van der Waals surface area contributed by atoms with E-state index in [0.717, 1.165) is 44.7 Å². The first kappa shape index (κ1) is 21.5.